The molecule has 4 rings (SSSR count). The molecule has 3 aromatic rings. The Kier molecular flexibility index (Phi) is 6.01. The van der Waals surface area contributed by atoms with Crippen LogP contribution >= 0.6 is 35.0 Å². The Labute approximate surface area is 188 Å². The van der Waals surface area contributed by atoms with E-state index in [1.54, 1.807) is 37.3 Å². The van der Waals surface area contributed by atoms with Crippen LogP contribution in [0, 0.1) is 0 Å². The smallest absolute Gasteiger partial charge is 0.281 e. The van der Waals surface area contributed by atoms with Gasteiger partial charge in [0.15, 0.2) is 5.17 Å². The van der Waals surface area contributed by atoms with Crippen molar-refractivity contribution in [2.75, 3.05) is 14.1 Å². The predicted octanol–water partition coefficient (Wildman–Crippen LogP) is 6.33. The van der Waals surface area contributed by atoms with Gasteiger partial charge in [-0.2, -0.15) is 0 Å². The summed E-state index contributed by atoms with van der Waals surface area (Å²) in [7, 11) is 3.61. The van der Waals surface area contributed by atoms with Crippen LogP contribution in [0.25, 0.3) is 17.4 Å². The molecule has 0 aliphatic carbocycles. The van der Waals surface area contributed by atoms with Gasteiger partial charge in [0.2, 0.25) is 0 Å². The molecule has 0 bridgehead atoms. The van der Waals surface area contributed by atoms with Crippen molar-refractivity contribution in [3.63, 3.8) is 0 Å². The summed E-state index contributed by atoms with van der Waals surface area (Å²) < 4.78 is 5.91. The van der Waals surface area contributed by atoms with Crippen LogP contribution in [0.5, 0.6) is 0 Å². The highest BCUT2D eigenvalue weighted by Gasteiger charge is 2.35. The molecule has 0 unspecified atom stereocenters. The van der Waals surface area contributed by atoms with Gasteiger partial charge in [-0.1, -0.05) is 41.4 Å². The van der Waals surface area contributed by atoms with Crippen molar-refractivity contribution in [1.82, 2.24) is 10.0 Å². The zero-order chi connectivity index (χ0) is 21.3. The lowest BCUT2D eigenvalue weighted by molar-refractivity contribution is -0.130. The number of aliphatic imine (C=N–C) groups is 1. The molecule has 1 saturated heterocycles. The van der Waals surface area contributed by atoms with Gasteiger partial charge in [0.1, 0.15) is 11.5 Å². The van der Waals surface area contributed by atoms with Crippen molar-refractivity contribution in [2.45, 2.75) is 0 Å². The van der Waals surface area contributed by atoms with E-state index in [1.807, 2.05) is 48.5 Å². The molecular formula is C22H17Cl2N3O2S. The lowest BCUT2D eigenvalue weighted by atomic mass is 10.2. The number of nitrogens with zero attached hydrogens (tertiary/aromatic N) is 3. The zero-order valence-corrected chi connectivity index (χ0v) is 18.5. The Morgan fingerprint density at radius 3 is 2.50 bits per heavy atom. The van der Waals surface area contributed by atoms with Gasteiger partial charge in [-0.15, -0.1) is 0 Å². The lowest BCUT2D eigenvalue weighted by Crippen LogP contribution is -2.40. The minimum Gasteiger partial charge on any atom is -0.457 e. The number of hydrogen-bond donors (Lipinski definition) is 0. The molecule has 0 radical (unpaired) electrons. The van der Waals surface area contributed by atoms with Crippen LogP contribution < -0.4 is 0 Å². The Morgan fingerprint density at radius 1 is 1.03 bits per heavy atom. The molecule has 5 nitrogen and oxygen atoms in total. The number of amides is 1. The van der Waals surface area contributed by atoms with E-state index in [4.69, 9.17) is 27.6 Å². The second-order valence-electron chi connectivity index (χ2n) is 6.64. The average Bonchev–Trinajstić information content (AvgIpc) is 3.30. The lowest BCUT2D eigenvalue weighted by Gasteiger charge is -2.22. The van der Waals surface area contributed by atoms with Crippen LogP contribution in [-0.4, -0.2) is 35.2 Å². The van der Waals surface area contributed by atoms with E-state index in [9.17, 15) is 4.79 Å². The molecule has 2 aromatic carbocycles. The topological polar surface area (TPSA) is 49.0 Å². The minimum atomic E-state index is -0.160. The number of para-hydroxylation sites is 1. The average molecular weight is 458 g/mol. The van der Waals surface area contributed by atoms with E-state index in [1.165, 1.54) is 16.8 Å². The summed E-state index contributed by atoms with van der Waals surface area (Å²) in [6, 6.07) is 18.5. The molecule has 1 amide bonds. The number of benzene rings is 2. The zero-order valence-electron chi connectivity index (χ0n) is 16.2. The number of carbonyl (C=O) groups is 1. The molecule has 1 aliphatic heterocycles. The number of halogens is 2. The van der Waals surface area contributed by atoms with Crippen LogP contribution in [-0.2, 0) is 4.79 Å². The van der Waals surface area contributed by atoms with Crippen molar-refractivity contribution in [3.05, 3.63) is 81.4 Å². The van der Waals surface area contributed by atoms with E-state index in [2.05, 4.69) is 4.99 Å². The first-order valence-electron chi connectivity index (χ1n) is 9.02. The second-order valence-corrected chi connectivity index (χ2v) is 8.46. The first-order chi connectivity index (χ1) is 14.4. The summed E-state index contributed by atoms with van der Waals surface area (Å²) >= 11 is 13.4. The quantitative estimate of drug-likeness (QED) is 0.429. The Hall–Kier alpha value is -2.51. The van der Waals surface area contributed by atoms with Crippen molar-refractivity contribution < 1.29 is 9.21 Å². The van der Waals surface area contributed by atoms with Gasteiger partial charge in [0.25, 0.3) is 5.91 Å². The number of thioether (sulfide) groups is 1. The molecule has 0 N–H and O–H groups in total. The fraction of sp³-hybridized carbons (Fsp3) is 0.0909. The van der Waals surface area contributed by atoms with Crippen molar-refractivity contribution >= 4 is 57.8 Å². The standard InChI is InChI=1S/C22H17Cl2N3O2S/c1-26(2)27-21(28)20(30-22(27)25-15-6-4-3-5-7-15)13-16-9-11-19(29-16)14-8-10-17(23)18(24)12-14/h3-13H,1-2H3/b20-13-,25-22?. The van der Waals surface area contributed by atoms with Gasteiger partial charge in [0.05, 0.1) is 20.6 Å². The molecule has 0 spiro atoms. The monoisotopic (exact) mass is 457 g/mol. The summed E-state index contributed by atoms with van der Waals surface area (Å²) in [5.41, 5.74) is 1.58. The summed E-state index contributed by atoms with van der Waals surface area (Å²) in [5, 5.41) is 4.76. The van der Waals surface area contributed by atoms with Gasteiger partial charge in [-0.3, -0.25) is 4.79 Å². The molecule has 1 fully saturated rings. The summed E-state index contributed by atoms with van der Waals surface area (Å²) in [6.07, 6.45) is 1.72. The highest BCUT2D eigenvalue weighted by molar-refractivity contribution is 8.18. The molecule has 2 heterocycles. The third-order valence-electron chi connectivity index (χ3n) is 4.27. The van der Waals surface area contributed by atoms with Gasteiger partial charge < -0.3 is 4.42 Å². The Balaban J connectivity index is 1.64. The predicted molar refractivity (Wildman–Crippen MR) is 124 cm³/mol. The van der Waals surface area contributed by atoms with Crippen LogP contribution in [0.4, 0.5) is 5.69 Å². The number of hydrazine groups is 1. The van der Waals surface area contributed by atoms with Crippen LogP contribution in [0.2, 0.25) is 10.0 Å². The van der Waals surface area contributed by atoms with Crippen molar-refractivity contribution in [1.29, 1.82) is 0 Å². The number of carbonyl (C=O) groups excluding carboxylic acids is 1. The van der Waals surface area contributed by atoms with E-state index in [0.717, 1.165) is 11.3 Å². The first-order valence-corrected chi connectivity index (χ1v) is 10.6. The number of rotatable bonds is 4. The molecule has 152 valence electrons. The Bertz CT molecular complexity index is 1160. The number of hydrogen-bond acceptors (Lipinski definition) is 5. The van der Waals surface area contributed by atoms with Gasteiger partial charge in [-0.25, -0.2) is 15.0 Å². The van der Waals surface area contributed by atoms with E-state index < -0.39 is 0 Å². The van der Waals surface area contributed by atoms with Crippen LogP contribution in [0.3, 0.4) is 0 Å². The number of furan rings is 1. The third kappa shape index (κ3) is 4.32. The van der Waals surface area contributed by atoms with Crippen LogP contribution in [0.15, 0.2) is 75.0 Å². The van der Waals surface area contributed by atoms with Crippen LogP contribution in [0.1, 0.15) is 5.76 Å². The van der Waals surface area contributed by atoms with Crippen molar-refractivity contribution in [2.24, 2.45) is 4.99 Å². The normalized spacial score (nSPS) is 17.0. The Morgan fingerprint density at radius 2 is 1.80 bits per heavy atom. The number of amidine groups is 1. The van der Waals surface area contributed by atoms with E-state index in [0.29, 0.717) is 31.6 Å². The minimum absolute atomic E-state index is 0.160. The fourth-order valence-electron chi connectivity index (χ4n) is 2.87. The molecule has 8 heteroatoms. The van der Waals surface area contributed by atoms with E-state index >= 15 is 0 Å². The molecule has 1 aromatic heterocycles. The van der Waals surface area contributed by atoms with E-state index in [-0.39, 0.29) is 5.91 Å². The molecule has 1 aliphatic rings. The fourth-order valence-corrected chi connectivity index (χ4v) is 4.20. The SMILES string of the molecule is CN(C)N1C(=O)/C(=C/c2ccc(-c3ccc(Cl)c(Cl)c3)o2)SC1=Nc1ccccc1. The highest BCUT2D eigenvalue weighted by Crippen LogP contribution is 2.36. The van der Waals surface area contributed by atoms with Crippen molar-refractivity contribution in [3.8, 4) is 11.3 Å². The third-order valence-corrected chi connectivity index (χ3v) is 5.97. The maximum absolute atomic E-state index is 13.0. The molecule has 0 atom stereocenters. The summed E-state index contributed by atoms with van der Waals surface area (Å²) in [5.74, 6) is 1.04. The maximum atomic E-state index is 13.0. The van der Waals surface area contributed by atoms with Gasteiger partial charge >= 0.3 is 0 Å². The first kappa shape index (κ1) is 20.8. The maximum Gasteiger partial charge on any atom is 0.281 e. The summed E-state index contributed by atoms with van der Waals surface area (Å²) in [6.45, 7) is 0. The molecule has 0 saturated carbocycles. The summed E-state index contributed by atoms with van der Waals surface area (Å²) in [4.78, 5) is 18.1. The van der Waals surface area contributed by atoms with Gasteiger partial charge in [-0.05, 0) is 54.2 Å². The molecular weight excluding hydrogens is 441 g/mol. The highest BCUT2D eigenvalue weighted by atomic mass is 35.5. The van der Waals surface area contributed by atoms with Gasteiger partial charge in [0, 0.05) is 25.7 Å². The second kappa shape index (κ2) is 8.70. The molecule has 30 heavy (non-hydrogen) atoms. The largest absolute Gasteiger partial charge is 0.457 e.